The highest BCUT2D eigenvalue weighted by Gasteiger charge is 2.32. The first-order valence-electron chi connectivity index (χ1n) is 8.57. The Morgan fingerprint density at radius 2 is 2.23 bits per heavy atom. The molecule has 6 nitrogen and oxygen atoms in total. The number of benzene rings is 1. The van der Waals surface area contributed by atoms with Gasteiger partial charge < -0.3 is 14.8 Å². The van der Waals surface area contributed by atoms with E-state index in [2.05, 4.69) is 15.4 Å². The number of halogens is 1. The van der Waals surface area contributed by atoms with E-state index >= 15 is 0 Å². The second-order valence-electron chi connectivity index (χ2n) is 6.50. The molecule has 0 unspecified atom stereocenters. The molecule has 0 amide bonds. The Labute approximate surface area is 150 Å². The van der Waals surface area contributed by atoms with Crippen molar-refractivity contribution in [2.45, 2.75) is 25.5 Å². The maximum absolute atomic E-state index is 14.0. The van der Waals surface area contributed by atoms with Gasteiger partial charge in [-0.2, -0.15) is 5.10 Å². The Hall–Kier alpha value is -2.67. The van der Waals surface area contributed by atoms with E-state index in [9.17, 15) is 4.39 Å². The minimum absolute atomic E-state index is 0.0748. The van der Waals surface area contributed by atoms with E-state index in [0.29, 0.717) is 12.1 Å². The van der Waals surface area contributed by atoms with Crippen LogP contribution in [0.2, 0.25) is 0 Å². The van der Waals surface area contributed by atoms with Crippen LogP contribution in [0.25, 0.3) is 10.9 Å². The third-order valence-electron chi connectivity index (χ3n) is 5.03. The van der Waals surface area contributed by atoms with Crippen molar-refractivity contribution >= 4 is 16.6 Å². The van der Waals surface area contributed by atoms with Crippen molar-refractivity contribution in [3.63, 3.8) is 0 Å². The largest absolute Gasteiger partial charge is 0.494 e. The first kappa shape index (κ1) is 16.8. The van der Waals surface area contributed by atoms with Gasteiger partial charge in [0.25, 0.3) is 0 Å². The number of rotatable bonds is 4. The average Bonchev–Trinajstić information content (AvgIpc) is 3.21. The molecular weight excluding hydrogens is 335 g/mol. The zero-order valence-electron chi connectivity index (χ0n) is 15.0. The normalized spacial score (nSPS) is 19.8. The van der Waals surface area contributed by atoms with Gasteiger partial charge in [-0.25, -0.2) is 4.39 Å². The van der Waals surface area contributed by atoms with E-state index in [1.807, 2.05) is 30.9 Å². The number of nitrogens with zero attached hydrogens (tertiary/aromatic N) is 3. The highest BCUT2D eigenvalue weighted by molar-refractivity contribution is 5.92. The second-order valence-corrected chi connectivity index (χ2v) is 6.50. The summed E-state index contributed by atoms with van der Waals surface area (Å²) in [6.45, 7) is 2.72. The molecule has 1 aliphatic rings. The van der Waals surface area contributed by atoms with Crippen LogP contribution < -0.4 is 10.1 Å². The number of hydrogen-bond acceptors (Lipinski definition) is 5. The lowest BCUT2D eigenvalue weighted by Crippen LogP contribution is -2.23. The predicted octanol–water partition coefficient (Wildman–Crippen LogP) is 3.37. The fraction of sp³-hybridized carbons (Fsp3) is 0.368. The van der Waals surface area contributed by atoms with Crippen molar-refractivity contribution in [2.75, 3.05) is 19.0 Å². The van der Waals surface area contributed by atoms with E-state index in [0.717, 1.165) is 28.8 Å². The number of pyridine rings is 1. The van der Waals surface area contributed by atoms with Gasteiger partial charge in [0.05, 0.1) is 24.9 Å². The Morgan fingerprint density at radius 3 is 2.96 bits per heavy atom. The number of fused-ring (bicyclic) bond motifs is 1. The first-order chi connectivity index (χ1) is 12.6. The third kappa shape index (κ3) is 2.78. The van der Waals surface area contributed by atoms with Crippen molar-refractivity contribution in [3.8, 4) is 5.75 Å². The fourth-order valence-corrected chi connectivity index (χ4v) is 3.47. The molecule has 1 aliphatic heterocycles. The minimum atomic E-state index is -0.419. The molecule has 1 aromatic carbocycles. The van der Waals surface area contributed by atoms with Gasteiger partial charge in [-0.05, 0) is 25.5 Å². The van der Waals surface area contributed by atoms with E-state index < -0.39 is 5.82 Å². The molecule has 1 saturated heterocycles. The van der Waals surface area contributed by atoms with Gasteiger partial charge in [0.15, 0.2) is 11.6 Å². The maximum atomic E-state index is 14.0. The van der Waals surface area contributed by atoms with Gasteiger partial charge in [-0.15, -0.1) is 0 Å². The Kier molecular flexibility index (Phi) is 4.24. The number of nitrogens with one attached hydrogen (secondary N) is 1. The number of aryl methyl sites for hydroxylation is 1. The van der Waals surface area contributed by atoms with Gasteiger partial charge in [-0.3, -0.25) is 9.67 Å². The summed E-state index contributed by atoms with van der Waals surface area (Å²) < 4.78 is 26.9. The Morgan fingerprint density at radius 1 is 1.38 bits per heavy atom. The van der Waals surface area contributed by atoms with Crippen LogP contribution in [0.4, 0.5) is 10.1 Å². The molecule has 2 aromatic heterocycles. The Balaban J connectivity index is 1.69. The molecule has 0 saturated carbocycles. The van der Waals surface area contributed by atoms with Crippen molar-refractivity contribution in [1.82, 2.24) is 14.8 Å². The zero-order chi connectivity index (χ0) is 18.3. The summed E-state index contributed by atoms with van der Waals surface area (Å²) in [4.78, 5) is 4.27. The molecule has 7 heteroatoms. The summed E-state index contributed by atoms with van der Waals surface area (Å²) in [5, 5.41) is 8.70. The lowest BCUT2D eigenvalue weighted by molar-refractivity contribution is 0.107. The van der Waals surface area contributed by atoms with E-state index in [4.69, 9.17) is 9.47 Å². The first-order valence-corrected chi connectivity index (χ1v) is 8.57. The highest BCUT2D eigenvalue weighted by Crippen LogP contribution is 2.35. The molecule has 1 N–H and O–H groups in total. The van der Waals surface area contributed by atoms with E-state index in [-0.39, 0.29) is 17.9 Å². The van der Waals surface area contributed by atoms with Crippen molar-refractivity contribution < 1.29 is 13.9 Å². The van der Waals surface area contributed by atoms with Crippen LogP contribution in [0, 0.1) is 12.7 Å². The summed E-state index contributed by atoms with van der Waals surface area (Å²) in [7, 11) is 3.38. The standard InChI is InChI=1S/C19H21FN4O2/c1-11-13(10-22-24(11)2)19-16(5-7-26-19)23-15-4-6-21-17-9-14(20)18(25-3)8-12(15)17/h4,6,8-10,16,19H,5,7H2,1-3H3,(H,21,23)/t16-,19+/m0/s1. The topological polar surface area (TPSA) is 61.2 Å². The molecule has 26 heavy (non-hydrogen) atoms. The minimum Gasteiger partial charge on any atom is -0.494 e. The van der Waals surface area contributed by atoms with Crippen LogP contribution in [0.1, 0.15) is 23.8 Å². The molecule has 3 aromatic rings. The fourth-order valence-electron chi connectivity index (χ4n) is 3.47. The molecule has 2 atom stereocenters. The maximum Gasteiger partial charge on any atom is 0.167 e. The lowest BCUT2D eigenvalue weighted by Gasteiger charge is -2.22. The van der Waals surface area contributed by atoms with E-state index in [1.54, 1.807) is 12.3 Å². The number of methoxy groups -OCH3 is 1. The molecule has 4 rings (SSSR count). The van der Waals surface area contributed by atoms with Crippen LogP contribution in [-0.2, 0) is 11.8 Å². The van der Waals surface area contributed by atoms with Crippen LogP contribution >= 0.6 is 0 Å². The van der Waals surface area contributed by atoms with Crippen LogP contribution in [0.5, 0.6) is 5.75 Å². The van der Waals surface area contributed by atoms with Crippen molar-refractivity contribution in [1.29, 1.82) is 0 Å². The zero-order valence-corrected chi connectivity index (χ0v) is 15.0. The van der Waals surface area contributed by atoms with Gasteiger partial charge >= 0.3 is 0 Å². The van der Waals surface area contributed by atoms with Crippen LogP contribution in [0.15, 0.2) is 30.6 Å². The number of ether oxygens (including phenoxy) is 2. The van der Waals surface area contributed by atoms with Gasteiger partial charge in [0.2, 0.25) is 0 Å². The van der Waals surface area contributed by atoms with Gasteiger partial charge in [0.1, 0.15) is 6.10 Å². The summed E-state index contributed by atoms with van der Waals surface area (Å²) in [5.41, 5.74) is 3.65. The number of aromatic nitrogens is 3. The highest BCUT2D eigenvalue weighted by atomic mass is 19.1. The Bertz CT molecular complexity index is 956. The van der Waals surface area contributed by atoms with Crippen LogP contribution in [-0.4, -0.2) is 34.5 Å². The third-order valence-corrected chi connectivity index (χ3v) is 5.03. The molecular formula is C19H21FN4O2. The lowest BCUT2D eigenvalue weighted by atomic mass is 10.0. The summed E-state index contributed by atoms with van der Waals surface area (Å²) >= 11 is 0. The molecule has 1 fully saturated rings. The molecule has 0 radical (unpaired) electrons. The predicted molar refractivity (Wildman–Crippen MR) is 96.9 cm³/mol. The second kappa shape index (κ2) is 6.57. The quantitative estimate of drug-likeness (QED) is 0.777. The van der Waals surface area contributed by atoms with Crippen LogP contribution in [0.3, 0.4) is 0 Å². The molecule has 3 heterocycles. The smallest absolute Gasteiger partial charge is 0.167 e. The monoisotopic (exact) mass is 356 g/mol. The molecule has 0 spiro atoms. The van der Waals surface area contributed by atoms with E-state index in [1.165, 1.54) is 13.2 Å². The summed E-state index contributed by atoms with van der Waals surface area (Å²) in [6.07, 6.45) is 4.34. The van der Waals surface area contributed by atoms with Gasteiger partial charge in [-0.1, -0.05) is 0 Å². The van der Waals surface area contributed by atoms with Crippen molar-refractivity contribution in [2.24, 2.45) is 7.05 Å². The number of hydrogen-bond donors (Lipinski definition) is 1. The van der Waals surface area contributed by atoms with Gasteiger partial charge in [0, 0.05) is 48.2 Å². The molecule has 0 aliphatic carbocycles. The van der Waals surface area contributed by atoms with Crippen molar-refractivity contribution in [3.05, 3.63) is 47.7 Å². The average molecular weight is 356 g/mol. The number of anilines is 1. The summed E-state index contributed by atoms with van der Waals surface area (Å²) in [6, 6.07) is 5.07. The SMILES string of the molecule is COc1cc2c(N[C@H]3CCO[C@@H]3c3cnn(C)c3C)ccnc2cc1F. The molecule has 136 valence electrons. The molecule has 0 bridgehead atoms. The summed E-state index contributed by atoms with van der Waals surface area (Å²) in [5.74, 6) is -0.214.